The third kappa shape index (κ3) is 7.50. The van der Waals surface area contributed by atoms with Gasteiger partial charge in [0.2, 0.25) is 0 Å². The number of carbonyl (C=O) groups is 1. The van der Waals surface area contributed by atoms with Gasteiger partial charge in [0.15, 0.2) is 0 Å². The number of aliphatic hydroxyl groups is 1. The smallest absolute Gasteiger partial charge is 0.307 e. The highest BCUT2D eigenvalue weighted by Gasteiger charge is 2.18. The van der Waals surface area contributed by atoms with Gasteiger partial charge in [0, 0.05) is 26.2 Å². The number of ether oxygens (including phenoxy) is 1. The summed E-state index contributed by atoms with van der Waals surface area (Å²) in [5.41, 5.74) is -0.395. The number of hydrogen-bond donors (Lipinski definition) is 1. The lowest BCUT2D eigenvalue weighted by atomic mass is 10.2. The van der Waals surface area contributed by atoms with Crippen LogP contribution in [0.5, 0.6) is 0 Å². The van der Waals surface area contributed by atoms with Crippen LogP contribution in [0.1, 0.15) is 33.6 Å². The third-order valence-electron chi connectivity index (χ3n) is 3.15. The molecule has 1 fully saturated rings. The molecule has 0 unspecified atom stereocenters. The van der Waals surface area contributed by atoms with Crippen LogP contribution in [0.4, 0.5) is 0 Å². The molecule has 0 aromatic rings. The van der Waals surface area contributed by atoms with Crippen LogP contribution in [0.15, 0.2) is 0 Å². The number of carbonyl (C=O) groups excluding carboxylic acids is 1. The summed E-state index contributed by atoms with van der Waals surface area (Å²) in [6.45, 7) is 11.4. The Morgan fingerprint density at radius 3 is 2.21 bits per heavy atom. The molecule has 0 saturated carbocycles. The van der Waals surface area contributed by atoms with Crippen molar-refractivity contribution in [1.82, 2.24) is 9.80 Å². The highest BCUT2D eigenvalue weighted by atomic mass is 16.6. The van der Waals surface area contributed by atoms with Gasteiger partial charge in [-0.15, -0.1) is 0 Å². The SMILES string of the molecule is CC(C)(C)OC(=O)CCN1CCCN(CCO)CC1. The van der Waals surface area contributed by atoms with Gasteiger partial charge in [0.25, 0.3) is 0 Å². The molecule has 0 amide bonds. The van der Waals surface area contributed by atoms with Crippen molar-refractivity contribution in [2.24, 2.45) is 0 Å². The van der Waals surface area contributed by atoms with Gasteiger partial charge in [0.05, 0.1) is 13.0 Å². The molecule has 1 rings (SSSR count). The molecule has 0 radical (unpaired) electrons. The van der Waals surface area contributed by atoms with Crippen LogP contribution < -0.4 is 0 Å². The Balaban J connectivity index is 2.24. The highest BCUT2D eigenvalue weighted by Crippen LogP contribution is 2.09. The van der Waals surface area contributed by atoms with Crippen molar-refractivity contribution in [3.8, 4) is 0 Å². The van der Waals surface area contributed by atoms with E-state index in [4.69, 9.17) is 9.84 Å². The average molecular weight is 272 g/mol. The lowest BCUT2D eigenvalue weighted by molar-refractivity contribution is -0.155. The van der Waals surface area contributed by atoms with Gasteiger partial charge in [-0.05, 0) is 40.3 Å². The number of β-amino-alcohol motifs (C(OH)–C–C–N with tert-alkyl or cyclic N) is 1. The van der Waals surface area contributed by atoms with Gasteiger partial charge >= 0.3 is 5.97 Å². The lowest BCUT2D eigenvalue weighted by Crippen LogP contribution is -2.34. The molecule has 1 aliphatic rings. The first-order valence-corrected chi connectivity index (χ1v) is 7.18. The molecule has 0 atom stereocenters. The summed E-state index contributed by atoms with van der Waals surface area (Å²) in [5.74, 6) is -0.121. The molecular weight excluding hydrogens is 244 g/mol. The van der Waals surface area contributed by atoms with Crippen LogP contribution in [0.2, 0.25) is 0 Å². The minimum Gasteiger partial charge on any atom is -0.460 e. The fraction of sp³-hybridized carbons (Fsp3) is 0.929. The lowest BCUT2D eigenvalue weighted by Gasteiger charge is -2.23. The Morgan fingerprint density at radius 1 is 1.11 bits per heavy atom. The van der Waals surface area contributed by atoms with Gasteiger partial charge in [-0.25, -0.2) is 0 Å². The number of nitrogens with zero attached hydrogens (tertiary/aromatic N) is 2. The maximum absolute atomic E-state index is 11.7. The maximum Gasteiger partial charge on any atom is 0.307 e. The third-order valence-corrected chi connectivity index (χ3v) is 3.15. The van der Waals surface area contributed by atoms with E-state index in [0.29, 0.717) is 6.42 Å². The van der Waals surface area contributed by atoms with E-state index in [1.807, 2.05) is 20.8 Å². The zero-order valence-corrected chi connectivity index (χ0v) is 12.5. The molecule has 112 valence electrons. The summed E-state index contributed by atoms with van der Waals surface area (Å²) in [6, 6.07) is 0. The standard InChI is InChI=1S/C14H28N2O3/c1-14(2,3)19-13(18)5-8-15-6-4-7-16(10-9-15)11-12-17/h17H,4-12H2,1-3H3. The van der Waals surface area contributed by atoms with E-state index in [1.165, 1.54) is 0 Å². The van der Waals surface area contributed by atoms with Crippen LogP contribution >= 0.6 is 0 Å². The van der Waals surface area contributed by atoms with E-state index >= 15 is 0 Å². The Hall–Kier alpha value is -0.650. The van der Waals surface area contributed by atoms with Crippen molar-refractivity contribution in [3.05, 3.63) is 0 Å². The molecule has 0 bridgehead atoms. The monoisotopic (exact) mass is 272 g/mol. The van der Waals surface area contributed by atoms with Crippen molar-refractivity contribution in [1.29, 1.82) is 0 Å². The first kappa shape index (κ1) is 16.4. The van der Waals surface area contributed by atoms with Crippen LogP contribution in [-0.2, 0) is 9.53 Å². The number of aliphatic hydroxyl groups excluding tert-OH is 1. The molecule has 5 heteroatoms. The number of esters is 1. The molecule has 1 aliphatic heterocycles. The Morgan fingerprint density at radius 2 is 1.68 bits per heavy atom. The molecule has 0 aromatic carbocycles. The molecule has 1 saturated heterocycles. The summed E-state index contributed by atoms with van der Waals surface area (Å²) in [6.07, 6.45) is 1.55. The highest BCUT2D eigenvalue weighted by molar-refractivity contribution is 5.70. The first-order valence-electron chi connectivity index (χ1n) is 7.18. The van der Waals surface area contributed by atoms with Crippen LogP contribution in [0.3, 0.4) is 0 Å². The fourth-order valence-corrected chi connectivity index (χ4v) is 2.25. The second-order valence-electron chi connectivity index (χ2n) is 6.10. The van der Waals surface area contributed by atoms with Crippen molar-refractivity contribution >= 4 is 5.97 Å². The molecule has 0 aromatic heterocycles. The molecule has 5 nitrogen and oxygen atoms in total. The zero-order chi connectivity index (χ0) is 14.3. The van der Waals surface area contributed by atoms with E-state index in [0.717, 1.165) is 45.7 Å². The summed E-state index contributed by atoms with van der Waals surface area (Å²) in [7, 11) is 0. The van der Waals surface area contributed by atoms with Crippen LogP contribution in [-0.4, -0.2) is 72.4 Å². The average Bonchev–Trinajstić information content (AvgIpc) is 2.50. The Bertz CT molecular complexity index is 276. The quantitative estimate of drug-likeness (QED) is 0.747. The molecule has 1 heterocycles. The van der Waals surface area contributed by atoms with Gasteiger partial charge < -0.3 is 14.7 Å². The maximum atomic E-state index is 11.7. The second kappa shape index (κ2) is 7.82. The predicted octanol–water partition coefficient (Wildman–Crippen LogP) is 0.718. The van der Waals surface area contributed by atoms with E-state index in [-0.39, 0.29) is 12.6 Å². The van der Waals surface area contributed by atoms with Gasteiger partial charge in [-0.1, -0.05) is 0 Å². The van der Waals surface area contributed by atoms with Crippen LogP contribution in [0, 0.1) is 0 Å². The minimum absolute atomic E-state index is 0.121. The van der Waals surface area contributed by atoms with Crippen molar-refractivity contribution in [2.45, 2.75) is 39.2 Å². The normalized spacial score (nSPS) is 19.2. The van der Waals surface area contributed by atoms with Crippen molar-refractivity contribution < 1.29 is 14.6 Å². The number of hydrogen-bond acceptors (Lipinski definition) is 5. The summed E-state index contributed by atoms with van der Waals surface area (Å²) in [4.78, 5) is 16.2. The summed E-state index contributed by atoms with van der Waals surface area (Å²) < 4.78 is 5.31. The molecule has 0 aliphatic carbocycles. The second-order valence-corrected chi connectivity index (χ2v) is 6.10. The molecule has 0 spiro atoms. The Kier molecular flexibility index (Phi) is 6.75. The van der Waals surface area contributed by atoms with E-state index in [2.05, 4.69) is 9.80 Å². The molecule has 19 heavy (non-hydrogen) atoms. The van der Waals surface area contributed by atoms with Crippen molar-refractivity contribution in [3.63, 3.8) is 0 Å². The minimum atomic E-state index is -0.395. The summed E-state index contributed by atoms with van der Waals surface area (Å²) >= 11 is 0. The predicted molar refractivity (Wildman–Crippen MR) is 75.0 cm³/mol. The van der Waals surface area contributed by atoms with Gasteiger partial charge in [-0.2, -0.15) is 0 Å². The van der Waals surface area contributed by atoms with E-state index < -0.39 is 5.60 Å². The number of rotatable bonds is 5. The van der Waals surface area contributed by atoms with Crippen LogP contribution in [0.25, 0.3) is 0 Å². The van der Waals surface area contributed by atoms with Gasteiger partial charge in [0.1, 0.15) is 5.60 Å². The molecule has 1 N–H and O–H groups in total. The summed E-state index contributed by atoms with van der Waals surface area (Å²) in [5, 5.41) is 8.94. The van der Waals surface area contributed by atoms with Gasteiger partial charge in [-0.3, -0.25) is 9.69 Å². The fourth-order valence-electron chi connectivity index (χ4n) is 2.25. The topological polar surface area (TPSA) is 53.0 Å². The first-order chi connectivity index (χ1) is 8.90. The largest absolute Gasteiger partial charge is 0.460 e. The zero-order valence-electron chi connectivity index (χ0n) is 12.5. The van der Waals surface area contributed by atoms with Crippen molar-refractivity contribution in [2.75, 3.05) is 45.9 Å². The van der Waals surface area contributed by atoms with E-state index in [9.17, 15) is 4.79 Å². The molecular formula is C14H28N2O3. The van der Waals surface area contributed by atoms with E-state index in [1.54, 1.807) is 0 Å². The Labute approximate surface area is 116 Å².